The van der Waals surface area contributed by atoms with Crippen molar-refractivity contribution in [2.24, 2.45) is 0 Å². The van der Waals surface area contributed by atoms with Crippen LogP contribution >= 0.6 is 0 Å². The number of carboxylic acid groups (broad SMARTS) is 1. The molecular formula is C34H40N4O4. The number of amides is 1. The molecule has 0 saturated carbocycles. The highest BCUT2D eigenvalue weighted by atomic mass is 16.6. The highest BCUT2D eigenvalue weighted by Crippen LogP contribution is 2.26. The van der Waals surface area contributed by atoms with Crippen LogP contribution in [0.4, 0.5) is 16.3 Å². The third-order valence-corrected chi connectivity index (χ3v) is 5.84. The van der Waals surface area contributed by atoms with Gasteiger partial charge in [-0.1, -0.05) is 93.1 Å². The second kappa shape index (κ2) is 15.3. The maximum Gasteiger partial charge on any atom is 0.415 e. The van der Waals surface area contributed by atoms with Crippen molar-refractivity contribution in [1.82, 2.24) is 9.97 Å². The van der Waals surface area contributed by atoms with E-state index in [1.54, 1.807) is 11.0 Å². The van der Waals surface area contributed by atoms with Crippen LogP contribution in [0.25, 0.3) is 11.3 Å². The SMILES string of the molecule is CC(C)(C)OC(=O)N(Cc1ccccc1)c1ccc(-c2cc(NC(Cc3ccccc3)C(=O)O)ncn2)cc1.CCC. The number of carbonyl (C=O) groups is 2. The lowest BCUT2D eigenvalue weighted by atomic mass is 10.1. The van der Waals surface area contributed by atoms with Gasteiger partial charge in [0.2, 0.25) is 0 Å². The highest BCUT2D eigenvalue weighted by molar-refractivity contribution is 5.88. The van der Waals surface area contributed by atoms with Gasteiger partial charge in [-0.15, -0.1) is 0 Å². The molecule has 0 aliphatic carbocycles. The first kappa shape index (κ1) is 31.8. The molecule has 1 amide bonds. The molecule has 1 unspecified atom stereocenters. The van der Waals surface area contributed by atoms with Crippen molar-refractivity contribution >= 4 is 23.6 Å². The van der Waals surface area contributed by atoms with E-state index in [0.29, 0.717) is 30.2 Å². The van der Waals surface area contributed by atoms with Gasteiger partial charge in [-0.2, -0.15) is 0 Å². The first-order chi connectivity index (χ1) is 20.1. The molecule has 3 aromatic carbocycles. The zero-order valence-corrected chi connectivity index (χ0v) is 24.9. The van der Waals surface area contributed by atoms with Crippen LogP contribution in [0.15, 0.2) is 97.3 Å². The number of carbonyl (C=O) groups excluding carboxylic acids is 1. The Morgan fingerprint density at radius 3 is 2.00 bits per heavy atom. The quantitative estimate of drug-likeness (QED) is 0.214. The number of hydrogen-bond acceptors (Lipinski definition) is 6. The van der Waals surface area contributed by atoms with Gasteiger partial charge in [0.05, 0.1) is 12.2 Å². The topological polar surface area (TPSA) is 105 Å². The predicted octanol–water partition coefficient (Wildman–Crippen LogP) is 7.61. The molecule has 1 aromatic heterocycles. The number of carboxylic acids is 1. The van der Waals surface area contributed by atoms with Crippen molar-refractivity contribution in [3.8, 4) is 11.3 Å². The normalized spacial score (nSPS) is 11.5. The molecule has 0 spiro atoms. The van der Waals surface area contributed by atoms with Gasteiger partial charge in [-0.25, -0.2) is 19.6 Å². The fourth-order valence-electron chi connectivity index (χ4n) is 3.98. The second-order valence-electron chi connectivity index (χ2n) is 10.8. The van der Waals surface area contributed by atoms with Crippen molar-refractivity contribution in [2.75, 3.05) is 10.2 Å². The first-order valence-electron chi connectivity index (χ1n) is 14.1. The van der Waals surface area contributed by atoms with E-state index in [0.717, 1.165) is 16.7 Å². The van der Waals surface area contributed by atoms with Gasteiger partial charge < -0.3 is 15.2 Å². The number of aromatic nitrogens is 2. The van der Waals surface area contributed by atoms with Gasteiger partial charge in [-0.3, -0.25) is 4.90 Å². The average Bonchev–Trinajstić information content (AvgIpc) is 2.96. The molecule has 0 saturated heterocycles. The van der Waals surface area contributed by atoms with Crippen LogP contribution in [-0.2, 0) is 22.5 Å². The van der Waals surface area contributed by atoms with E-state index < -0.39 is 23.7 Å². The minimum Gasteiger partial charge on any atom is -0.480 e. The Balaban J connectivity index is 0.00000155. The monoisotopic (exact) mass is 568 g/mol. The van der Waals surface area contributed by atoms with E-state index in [1.165, 1.54) is 12.7 Å². The molecule has 0 radical (unpaired) electrons. The largest absolute Gasteiger partial charge is 0.480 e. The van der Waals surface area contributed by atoms with Crippen LogP contribution < -0.4 is 10.2 Å². The third kappa shape index (κ3) is 10.0. The summed E-state index contributed by atoms with van der Waals surface area (Å²) in [5.74, 6) is -0.559. The summed E-state index contributed by atoms with van der Waals surface area (Å²) in [4.78, 5) is 35.2. The van der Waals surface area contributed by atoms with Gasteiger partial charge in [0.1, 0.15) is 23.8 Å². The van der Waals surface area contributed by atoms with Gasteiger partial charge in [0.15, 0.2) is 0 Å². The van der Waals surface area contributed by atoms with E-state index in [2.05, 4.69) is 29.1 Å². The van der Waals surface area contributed by atoms with Gasteiger partial charge >= 0.3 is 12.1 Å². The number of nitrogens with zero attached hydrogens (tertiary/aromatic N) is 3. The van der Waals surface area contributed by atoms with Crippen LogP contribution in [0.2, 0.25) is 0 Å². The number of aliphatic carboxylic acids is 1. The number of ether oxygens (including phenoxy) is 1. The van der Waals surface area contributed by atoms with Crippen molar-refractivity contribution < 1.29 is 19.4 Å². The third-order valence-electron chi connectivity index (χ3n) is 5.84. The zero-order chi connectivity index (χ0) is 30.5. The summed E-state index contributed by atoms with van der Waals surface area (Å²) in [7, 11) is 0. The lowest BCUT2D eigenvalue weighted by molar-refractivity contribution is -0.137. The van der Waals surface area contributed by atoms with Crippen LogP contribution in [0.1, 0.15) is 52.2 Å². The summed E-state index contributed by atoms with van der Waals surface area (Å²) in [6.07, 6.45) is 2.52. The summed E-state index contributed by atoms with van der Waals surface area (Å²) in [6, 6.07) is 27.4. The van der Waals surface area contributed by atoms with Crippen molar-refractivity contribution in [2.45, 2.75) is 65.6 Å². The Morgan fingerprint density at radius 1 is 0.881 bits per heavy atom. The molecule has 1 heterocycles. The molecule has 2 N–H and O–H groups in total. The molecule has 0 aliphatic heterocycles. The molecule has 42 heavy (non-hydrogen) atoms. The standard InChI is InChI=1S/C31H32N4O4.C3H8/c1-31(2,3)39-30(38)35(20-23-12-8-5-9-13-23)25-16-14-24(15-17-25)26-19-28(33-21-32-26)34-27(29(36)37)18-22-10-6-4-7-11-22;1-3-2/h4-17,19,21,27H,18,20H2,1-3H3,(H,36,37)(H,32,33,34);3H2,1-2H3. The molecule has 8 heteroatoms. The highest BCUT2D eigenvalue weighted by Gasteiger charge is 2.24. The molecular weight excluding hydrogens is 528 g/mol. The molecule has 0 fully saturated rings. The Hall–Kier alpha value is -4.72. The van der Waals surface area contributed by atoms with Gasteiger partial charge in [-0.05, 0) is 44.0 Å². The molecule has 1 atom stereocenters. The molecule has 0 bridgehead atoms. The molecule has 220 valence electrons. The second-order valence-corrected chi connectivity index (χ2v) is 10.8. The summed E-state index contributed by atoms with van der Waals surface area (Å²) >= 11 is 0. The average molecular weight is 569 g/mol. The van der Waals surface area contributed by atoms with E-state index in [-0.39, 0.29) is 0 Å². The van der Waals surface area contributed by atoms with Crippen LogP contribution in [-0.4, -0.2) is 38.8 Å². The Labute approximate surface area is 248 Å². The minimum atomic E-state index is -0.969. The lowest BCUT2D eigenvalue weighted by Crippen LogP contribution is -2.36. The fraction of sp³-hybridized carbons (Fsp3) is 0.294. The Kier molecular flexibility index (Phi) is 11.6. The molecule has 4 rings (SSSR count). The van der Waals surface area contributed by atoms with E-state index >= 15 is 0 Å². The summed E-state index contributed by atoms with van der Waals surface area (Å²) in [5.41, 5.74) is 3.34. The minimum absolute atomic E-state index is 0.312. The Bertz CT molecular complexity index is 1410. The van der Waals surface area contributed by atoms with Crippen molar-refractivity contribution in [3.63, 3.8) is 0 Å². The Morgan fingerprint density at radius 2 is 1.45 bits per heavy atom. The van der Waals surface area contributed by atoms with Crippen LogP contribution in [0.3, 0.4) is 0 Å². The van der Waals surface area contributed by atoms with Crippen molar-refractivity contribution in [1.29, 1.82) is 0 Å². The van der Waals surface area contributed by atoms with E-state index in [1.807, 2.05) is 106 Å². The first-order valence-corrected chi connectivity index (χ1v) is 14.1. The molecule has 8 nitrogen and oxygen atoms in total. The fourth-order valence-corrected chi connectivity index (χ4v) is 3.98. The summed E-state index contributed by atoms with van der Waals surface area (Å²) in [6.45, 7) is 10.1. The van der Waals surface area contributed by atoms with Crippen LogP contribution in [0.5, 0.6) is 0 Å². The molecule has 0 aliphatic rings. The number of anilines is 2. The van der Waals surface area contributed by atoms with E-state index in [4.69, 9.17) is 4.74 Å². The maximum atomic E-state index is 13.1. The number of hydrogen-bond donors (Lipinski definition) is 2. The van der Waals surface area contributed by atoms with Gasteiger partial charge in [0.25, 0.3) is 0 Å². The lowest BCUT2D eigenvalue weighted by Gasteiger charge is -2.27. The number of benzene rings is 3. The number of rotatable bonds is 9. The van der Waals surface area contributed by atoms with E-state index in [9.17, 15) is 14.7 Å². The van der Waals surface area contributed by atoms with Gasteiger partial charge in [0, 0.05) is 23.7 Å². The summed E-state index contributed by atoms with van der Waals surface area (Å²) in [5, 5.41) is 12.7. The summed E-state index contributed by atoms with van der Waals surface area (Å²) < 4.78 is 5.67. The maximum absolute atomic E-state index is 13.1. The van der Waals surface area contributed by atoms with Crippen LogP contribution in [0, 0.1) is 0 Å². The van der Waals surface area contributed by atoms with Crippen molar-refractivity contribution in [3.05, 3.63) is 108 Å². The predicted molar refractivity (Wildman–Crippen MR) is 167 cm³/mol. The smallest absolute Gasteiger partial charge is 0.415 e. The number of nitrogens with one attached hydrogen (secondary N) is 1. The molecule has 4 aromatic rings. The zero-order valence-electron chi connectivity index (χ0n) is 24.9.